The van der Waals surface area contributed by atoms with Gasteiger partial charge in [0.05, 0.1) is 0 Å². The summed E-state index contributed by atoms with van der Waals surface area (Å²) in [5, 5.41) is 3.42. The molecule has 0 radical (unpaired) electrons. The van der Waals surface area contributed by atoms with E-state index < -0.39 is 0 Å². The zero-order chi connectivity index (χ0) is 15.4. The van der Waals surface area contributed by atoms with E-state index in [1.54, 1.807) is 0 Å². The van der Waals surface area contributed by atoms with Crippen LogP contribution in [0.2, 0.25) is 0 Å². The number of halogens is 1. The molecule has 1 aliphatic rings. The molecule has 1 saturated heterocycles. The lowest BCUT2D eigenvalue weighted by Crippen LogP contribution is -2.26. The van der Waals surface area contributed by atoms with Gasteiger partial charge in [-0.3, -0.25) is 0 Å². The Morgan fingerprint density at radius 1 is 1.09 bits per heavy atom. The molecule has 1 fully saturated rings. The van der Waals surface area contributed by atoms with E-state index in [4.69, 9.17) is 4.74 Å². The first-order valence-corrected chi connectivity index (χ1v) is 8.70. The molecular formula is C19H22BrNO. The van der Waals surface area contributed by atoms with Gasteiger partial charge in [0.15, 0.2) is 0 Å². The van der Waals surface area contributed by atoms with Crippen LogP contribution in [-0.2, 0) is 6.61 Å². The van der Waals surface area contributed by atoms with E-state index in [-0.39, 0.29) is 0 Å². The van der Waals surface area contributed by atoms with Crippen LogP contribution in [0.5, 0.6) is 5.75 Å². The molecule has 1 aliphatic heterocycles. The predicted octanol–water partition coefficient (Wildman–Crippen LogP) is 4.80. The summed E-state index contributed by atoms with van der Waals surface area (Å²) in [6.45, 7) is 4.97. The zero-order valence-electron chi connectivity index (χ0n) is 12.9. The average molecular weight is 360 g/mol. The SMILES string of the molecule is Cc1cc(OCc2ccc(C3CCNCC3)cc2)ccc1Br. The van der Waals surface area contributed by atoms with Crippen LogP contribution in [0.1, 0.15) is 35.4 Å². The maximum absolute atomic E-state index is 5.88. The lowest BCUT2D eigenvalue weighted by atomic mass is 9.90. The van der Waals surface area contributed by atoms with Crippen molar-refractivity contribution < 1.29 is 4.74 Å². The normalized spacial score (nSPS) is 15.7. The van der Waals surface area contributed by atoms with Crippen molar-refractivity contribution in [2.75, 3.05) is 13.1 Å². The van der Waals surface area contributed by atoms with Crippen LogP contribution in [0.3, 0.4) is 0 Å². The van der Waals surface area contributed by atoms with Crippen LogP contribution in [0.25, 0.3) is 0 Å². The molecule has 22 heavy (non-hydrogen) atoms. The van der Waals surface area contributed by atoms with Crippen LogP contribution < -0.4 is 10.1 Å². The Hall–Kier alpha value is -1.32. The molecule has 2 aromatic rings. The van der Waals surface area contributed by atoms with Gasteiger partial charge >= 0.3 is 0 Å². The van der Waals surface area contributed by atoms with Gasteiger partial charge in [-0.1, -0.05) is 40.2 Å². The molecule has 0 aromatic heterocycles. The van der Waals surface area contributed by atoms with Gasteiger partial charge in [-0.25, -0.2) is 0 Å². The van der Waals surface area contributed by atoms with E-state index >= 15 is 0 Å². The van der Waals surface area contributed by atoms with Crippen LogP contribution in [-0.4, -0.2) is 13.1 Å². The van der Waals surface area contributed by atoms with Crippen LogP contribution in [0, 0.1) is 6.92 Å². The lowest BCUT2D eigenvalue weighted by molar-refractivity contribution is 0.306. The maximum Gasteiger partial charge on any atom is 0.120 e. The number of rotatable bonds is 4. The van der Waals surface area contributed by atoms with E-state index in [1.165, 1.54) is 29.5 Å². The summed E-state index contributed by atoms with van der Waals surface area (Å²) in [4.78, 5) is 0. The first-order chi connectivity index (χ1) is 10.7. The third-order valence-corrected chi connectivity index (χ3v) is 5.21. The van der Waals surface area contributed by atoms with Crippen molar-refractivity contribution in [3.05, 3.63) is 63.6 Å². The summed E-state index contributed by atoms with van der Waals surface area (Å²) in [6.07, 6.45) is 2.49. The highest BCUT2D eigenvalue weighted by Gasteiger charge is 2.14. The molecular weight excluding hydrogens is 338 g/mol. The zero-order valence-corrected chi connectivity index (χ0v) is 14.5. The Morgan fingerprint density at radius 3 is 2.50 bits per heavy atom. The molecule has 0 bridgehead atoms. The van der Waals surface area contributed by atoms with Crippen LogP contribution >= 0.6 is 15.9 Å². The van der Waals surface area contributed by atoms with Gasteiger partial charge in [0.25, 0.3) is 0 Å². The average Bonchev–Trinajstić information content (AvgIpc) is 2.57. The highest BCUT2D eigenvalue weighted by atomic mass is 79.9. The van der Waals surface area contributed by atoms with E-state index in [0.717, 1.165) is 23.3 Å². The summed E-state index contributed by atoms with van der Waals surface area (Å²) >= 11 is 3.51. The van der Waals surface area contributed by atoms with Gasteiger partial charge in [-0.05, 0) is 73.7 Å². The summed E-state index contributed by atoms with van der Waals surface area (Å²) in [6, 6.07) is 15.0. The number of aryl methyl sites for hydroxylation is 1. The second kappa shape index (κ2) is 7.30. The minimum absolute atomic E-state index is 0.619. The number of piperidine rings is 1. The van der Waals surface area contributed by atoms with E-state index in [9.17, 15) is 0 Å². The van der Waals surface area contributed by atoms with E-state index in [0.29, 0.717) is 12.5 Å². The summed E-state index contributed by atoms with van der Waals surface area (Å²) < 4.78 is 7.00. The van der Waals surface area contributed by atoms with Crippen molar-refractivity contribution in [1.29, 1.82) is 0 Å². The monoisotopic (exact) mass is 359 g/mol. The molecule has 0 atom stereocenters. The smallest absolute Gasteiger partial charge is 0.120 e. The second-order valence-electron chi connectivity index (χ2n) is 5.97. The van der Waals surface area contributed by atoms with E-state index in [1.807, 2.05) is 12.1 Å². The van der Waals surface area contributed by atoms with Crippen molar-refractivity contribution in [2.45, 2.75) is 32.3 Å². The Morgan fingerprint density at radius 2 is 1.82 bits per heavy atom. The molecule has 2 aromatic carbocycles. The largest absolute Gasteiger partial charge is 0.489 e. The Balaban J connectivity index is 1.59. The molecule has 0 aliphatic carbocycles. The third-order valence-electron chi connectivity index (χ3n) is 4.33. The molecule has 3 rings (SSSR count). The third kappa shape index (κ3) is 3.90. The fraction of sp³-hybridized carbons (Fsp3) is 0.368. The van der Waals surface area contributed by atoms with Crippen molar-refractivity contribution in [1.82, 2.24) is 5.32 Å². The Labute approximate surface area is 141 Å². The highest BCUT2D eigenvalue weighted by Crippen LogP contribution is 2.26. The highest BCUT2D eigenvalue weighted by molar-refractivity contribution is 9.10. The molecule has 0 unspecified atom stereocenters. The van der Waals surface area contributed by atoms with E-state index in [2.05, 4.69) is 58.5 Å². The quantitative estimate of drug-likeness (QED) is 0.845. The molecule has 0 saturated carbocycles. The molecule has 3 heteroatoms. The minimum atomic E-state index is 0.619. The predicted molar refractivity (Wildman–Crippen MR) is 94.5 cm³/mol. The summed E-state index contributed by atoms with van der Waals surface area (Å²) in [5.41, 5.74) is 3.88. The van der Waals surface area contributed by atoms with Gasteiger partial charge < -0.3 is 10.1 Å². The van der Waals surface area contributed by atoms with Crippen LogP contribution in [0.15, 0.2) is 46.9 Å². The number of benzene rings is 2. The minimum Gasteiger partial charge on any atom is -0.489 e. The lowest BCUT2D eigenvalue weighted by Gasteiger charge is -2.23. The molecule has 2 nitrogen and oxygen atoms in total. The number of nitrogens with one attached hydrogen (secondary N) is 1. The van der Waals surface area contributed by atoms with Crippen molar-refractivity contribution in [2.24, 2.45) is 0 Å². The van der Waals surface area contributed by atoms with Gasteiger partial charge in [-0.2, -0.15) is 0 Å². The first kappa shape index (κ1) is 15.6. The van der Waals surface area contributed by atoms with Crippen molar-refractivity contribution in [3.8, 4) is 5.75 Å². The number of hydrogen-bond acceptors (Lipinski definition) is 2. The number of ether oxygens (including phenoxy) is 1. The molecule has 116 valence electrons. The maximum atomic E-state index is 5.88. The topological polar surface area (TPSA) is 21.3 Å². The summed E-state index contributed by atoms with van der Waals surface area (Å²) in [5.74, 6) is 1.63. The van der Waals surface area contributed by atoms with Crippen molar-refractivity contribution in [3.63, 3.8) is 0 Å². The first-order valence-electron chi connectivity index (χ1n) is 7.91. The Bertz CT molecular complexity index is 618. The Kier molecular flexibility index (Phi) is 5.16. The number of hydrogen-bond donors (Lipinski definition) is 1. The molecule has 0 amide bonds. The summed E-state index contributed by atoms with van der Waals surface area (Å²) in [7, 11) is 0. The van der Waals surface area contributed by atoms with Gasteiger partial charge in [-0.15, -0.1) is 0 Å². The second-order valence-corrected chi connectivity index (χ2v) is 6.82. The fourth-order valence-electron chi connectivity index (χ4n) is 2.91. The van der Waals surface area contributed by atoms with Gasteiger partial charge in [0.1, 0.15) is 12.4 Å². The standard InChI is InChI=1S/C19H22BrNO/c1-14-12-18(6-7-19(14)20)22-13-15-2-4-16(5-3-15)17-8-10-21-11-9-17/h2-7,12,17,21H,8-11,13H2,1H3. The van der Waals surface area contributed by atoms with Crippen LogP contribution in [0.4, 0.5) is 0 Å². The molecule has 1 heterocycles. The van der Waals surface area contributed by atoms with Gasteiger partial charge in [0, 0.05) is 4.47 Å². The fourth-order valence-corrected chi connectivity index (χ4v) is 3.16. The molecule has 0 spiro atoms. The van der Waals surface area contributed by atoms with Gasteiger partial charge in [0.2, 0.25) is 0 Å². The molecule has 1 N–H and O–H groups in total. The van der Waals surface area contributed by atoms with Crippen molar-refractivity contribution >= 4 is 15.9 Å².